The highest BCUT2D eigenvalue weighted by Crippen LogP contribution is 2.38. The lowest BCUT2D eigenvalue weighted by molar-refractivity contribution is 0.0697. The number of anilines is 2. The largest absolute Gasteiger partial charge is 0.478 e. The number of rotatable bonds is 3. The first-order chi connectivity index (χ1) is 11.0. The van der Waals surface area contributed by atoms with E-state index in [2.05, 4.69) is 10.6 Å². The lowest BCUT2D eigenvalue weighted by atomic mass is 9.95. The third kappa shape index (κ3) is 3.65. The highest BCUT2D eigenvalue weighted by atomic mass is 35.5. The van der Waals surface area contributed by atoms with Crippen LogP contribution in [0, 0.1) is 0 Å². The number of fused-ring (bicyclic) bond motifs is 1. The molecule has 1 aromatic carbocycles. The molecule has 0 aliphatic heterocycles. The van der Waals surface area contributed by atoms with Crippen molar-refractivity contribution in [2.24, 2.45) is 0 Å². The molecule has 4 nitrogen and oxygen atoms in total. The summed E-state index contributed by atoms with van der Waals surface area (Å²) < 4.78 is 0. The van der Waals surface area contributed by atoms with Crippen LogP contribution in [0.3, 0.4) is 0 Å². The Morgan fingerprint density at radius 1 is 1.17 bits per heavy atom. The molecule has 1 aliphatic carbocycles. The summed E-state index contributed by atoms with van der Waals surface area (Å²) in [6, 6.07) is 7.15. The van der Waals surface area contributed by atoms with Crippen molar-refractivity contribution in [3.63, 3.8) is 0 Å². The van der Waals surface area contributed by atoms with Crippen LogP contribution in [-0.2, 0) is 12.8 Å². The maximum Gasteiger partial charge on any atom is 0.339 e. The fourth-order valence-corrected chi connectivity index (χ4v) is 4.38. The monoisotopic (exact) mass is 366 g/mol. The number of halogens is 1. The fraction of sp³-hybridized carbons (Fsp3) is 0.250. The van der Waals surface area contributed by atoms with Gasteiger partial charge in [0.15, 0.2) is 5.11 Å². The summed E-state index contributed by atoms with van der Waals surface area (Å²) in [6.07, 6.45) is 3.92. The molecule has 23 heavy (non-hydrogen) atoms. The summed E-state index contributed by atoms with van der Waals surface area (Å²) in [6.45, 7) is 0. The molecule has 0 spiro atoms. The van der Waals surface area contributed by atoms with E-state index in [0.717, 1.165) is 41.8 Å². The summed E-state index contributed by atoms with van der Waals surface area (Å²) >= 11 is 12.6. The Bertz CT molecular complexity index is 756. The second kappa shape index (κ2) is 6.86. The van der Waals surface area contributed by atoms with E-state index in [0.29, 0.717) is 20.7 Å². The Morgan fingerprint density at radius 3 is 2.57 bits per heavy atom. The molecule has 0 bridgehead atoms. The Balaban J connectivity index is 1.79. The summed E-state index contributed by atoms with van der Waals surface area (Å²) in [7, 11) is 0. The van der Waals surface area contributed by atoms with Crippen molar-refractivity contribution in [3.05, 3.63) is 45.3 Å². The van der Waals surface area contributed by atoms with Gasteiger partial charge in [-0.3, -0.25) is 0 Å². The molecule has 0 unspecified atom stereocenters. The number of hydrogen-bond acceptors (Lipinski definition) is 3. The minimum absolute atomic E-state index is 0.366. The summed E-state index contributed by atoms with van der Waals surface area (Å²) in [5, 5.41) is 17.2. The Hall–Kier alpha value is -1.63. The van der Waals surface area contributed by atoms with Gasteiger partial charge in [0.1, 0.15) is 5.00 Å². The molecule has 7 heteroatoms. The number of aromatic carboxylic acids is 1. The maximum atomic E-state index is 11.6. The molecule has 1 aliphatic rings. The van der Waals surface area contributed by atoms with E-state index in [4.69, 9.17) is 23.8 Å². The van der Waals surface area contributed by atoms with Gasteiger partial charge in [-0.25, -0.2) is 4.79 Å². The molecule has 0 atom stereocenters. The lowest BCUT2D eigenvalue weighted by Crippen LogP contribution is -2.20. The van der Waals surface area contributed by atoms with E-state index < -0.39 is 5.97 Å². The molecule has 0 radical (unpaired) electrons. The fourth-order valence-electron chi connectivity index (χ4n) is 2.68. The van der Waals surface area contributed by atoms with Gasteiger partial charge in [-0.2, -0.15) is 0 Å². The predicted octanol–water partition coefficient (Wildman–Crippen LogP) is 4.79. The van der Waals surface area contributed by atoms with E-state index in [1.807, 2.05) is 12.1 Å². The number of carboxylic acids is 1. The number of carbonyl (C=O) groups is 1. The third-order valence-electron chi connectivity index (χ3n) is 3.71. The topological polar surface area (TPSA) is 61.4 Å². The molecule has 3 N–H and O–H groups in total. The molecule has 0 fully saturated rings. The predicted molar refractivity (Wildman–Crippen MR) is 99.2 cm³/mol. The minimum Gasteiger partial charge on any atom is -0.478 e. The summed E-state index contributed by atoms with van der Waals surface area (Å²) in [5.74, 6) is -0.902. The zero-order valence-electron chi connectivity index (χ0n) is 12.2. The van der Waals surface area contributed by atoms with Gasteiger partial charge in [-0.15, -0.1) is 11.3 Å². The molecular weight excluding hydrogens is 352 g/mol. The van der Waals surface area contributed by atoms with Crippen LogP contribution in [0.2, 0.25) is 5.02 Å². The van der Waals surface area contributed by atoms with Crippen molar-refractivity contribution in [2.75, 3.05) is 10.6 Å². The second-order valence-corrected chi connectivity index (χ2v) is 7.26. The first kappa shape index (κ1) is 16.2. The highest BCUT2D eigenvalue weighted by molar-refractivity contribution is 7.80. The zero-order chi connectivity index (χ0) is 16.4. The van der Waals surface area contributed by atoms with E-state index in [-0.39, 0.29) is 0 Å². The van der Waals surface area contributed by atoms with Crippen LogP contribution < -0.4 is 10.6 Å². The van der Waals surface area contributed by atoms with Crippen molar-refractivity contribution in [1.29, 1.82) is 0 Å². The number of hydrogen-bond donors (Lipinski definition) is 3. The number of thiophene rings is 1. The summed E-state index contributed by atoms with van der Waals surface area (Å²) in [5.41, 5.74) is 2.13. The van der Waals surface area contributed by atoms with Crippen molar-refractivity contribution in [1.82, 2.24) is 0 Å². The first-order valence-electron chi connectivity index (χ1n) is 7.26. The smallest absolute Gasteiger partial charge is 0.339 e. The molecule has 120 valence electrons. The van der Waals surface area contributed by atoms with Gasteiger partial charge in [0.2, 0.25) is 0 Å². The van der Waals surface area contributed by atoms with Gasteiger partial charge < -0.3 is 15.7 Å². The number of carboxylic acid groups (broad SMARTS) is 1. The molecule has 1 aromatic heterocycles. The Morgan fingerprint density at radius 2 is 1.87 bits per heavy atom. The van der Waals surface area contributed by atoms with Crippen molar-refractivity contribution < 1.29 is 9.90 Å². The minimum atomic E-state index is -0.902. The van der Waals surface area contributed by atoms with Crippen molar-refractivity contribution >= 4 is 56.9 Å². The van der Waals surface area contributed by atoms with E-state index in [1.165, 1.54) is 11.3 Å². The molecule has 2 aromatic rings. The molecule has 0 saturated heterocycles. The van der Waals surface area contributed by atoms with Crippen molar-refractivity contribution in [2.45, 2.75) is 25.7 Å². The average molecular weight is 367 g/mol. The quantitative estimate of drug-likeness (QED) is 0.682. The van der Waals surface area contributed by atoms with Crippen LogP contribution in [0.5, 0.6) is 0 Å². The van der Waals surface area contributed by atoms with Crippen LogP contribution in [0.4, 0.5) is 10.7 Å². The highest BCUT2D eigenvalue weighted by Gasteiger charge is 2.25. The first-order valence-corrected chi connectivity index (χ1v) is 8.86. The SMILES string of the molecule is O=C(O)c1c(NC(=S)Nc2ccc(Cl)cc2)sc2c1CCCC2. The van der Waals surface area contributed by atoms with Crippen LogP contribution in [0.15, 0.2) is 24.3 Å². The van der Waals surface area contributed by atoms with Gasteiger partial charge in [0, 0.05) is 15.6 Å². The molecule has 0 amide bonds. The second-order valence-electron chi connectivity index (χ2n) is 5.31. The van der Waals surface area contributed by atoms with Gasteiger partial charge >= 0.3 is 5.97 Å². The standard InChI is InChI=1S/C16H15ClN2O2S2/c17-9-5-7-10(8-6-9)18-16(22)19-14-13(15(20)21)11-3-1-2-4-12(11)23-14/h5-8H,1-4H2,(H,20,21)(H2,18,19,22). The summed E-state index contributed by atoms with van der Waals surface area (Å²) in [4.78, 5) is 12.8. The number of aryl methyl sites for hydroxylation is 1. The number of thiocarbonyl (C=S) groups is 1. The van der Waals surface area contributed by atoms with Gasteiger partial charge in [-0.05, 0) is 67.7 Å². The molecule has 0 saturated carbocycles. The number of nitrogens with one attached hydrogen (secondary N) is 2. The molecule has 1 heterocycles. The van der Waals surface area contributed by atoms with E-state index in [1.54, 1.807) is 12.1 Å². The zero-order valence-corrected chi connectivity index (χ0v) is 14.6. The van der Waals surface area contributed by atoms with Crippen LogP contribution in [-0.4, -0.2) is 16.2 Å². The van der Waals surface area contributed by atoms with E-state index in [9.17, 15) is 9.90 Å². The molecule has 3 rings (SSSR count). The molecular formula is C16H15ClN2O2S2. The average Bonchev–Trinajstić information content (AvgIpc) is 2.87. The van der Waals surface area contributed by atoms with Gasteiger partial charge in [-0.1, -0.05) is 11.6 Å². The van der Waals surface area contributed by atoms with Crippen LogP contribution >= 0.6 is 35.2 Å². The van der Waals surface area contributed by atoms with Crippen molar-refractivity contribution in [3.8, 4) is 0 Å². The maximum absolute atomic E-state index is 11.6. The normalized spacial score (nSPS) is 13.3. The Kier molecular flexibility index (Phi) is 4.84. The third-order valence-corrected chi connectivity index (χ3v) is 5.38. The number of benzene rings is 1. The van der Waals surface area contributed by atoms with Gasteiger partial charge in [0.05, 0.1) is 5.56 Å². The van der Waals surface area contributed by atoms with Crippen LogP contribution in [0.1, 0.15) is 33.6 Å². The van der Waals surface area contributed by atoms with Crippen LogP contribution in [0.25, 0.3) is 0 Å². The Labute approximate surface area is 148 Å². The van der Waals surface area contributed by atoms with E-state index >= 15 is 0 Å². The lowest BCUT2D eigenvalue weighted by Gasteiger charge is -2.11. The van der Waals surface area contributed by atoms with Gasteiger partial charge in [0.25, 0.3) is 0 Å².